The Labute approximate surface area is 121 Å². The van der Waals surface area contributed by atoms with Crippen LogP contribution in [-0.2, 0) is 10.0 Å². The number of nitrogens with zero attached hydrogens (tertiary/aromatic N) is 2. The van der Waals surface area contributed by atoms with Gasteiger partial charge in [-0.05, 0) is 30.5 Å². The average molecular weight is 305 g/mol. The molecule has 0 aliphatic carbocycles. The molecule has 1 aromatic carbocycles. The van der Waals surface area contributed by atoms with Crippen molar-refractivity contribution in [2.24, 2.45) is 0 Å². The number of nitriles is 1. The second-order valence-electron chi connectivity index (χ2n) is 3.77. The molecule has 5 nitrogen and oxygen atoms in total. The fourth-order valence-corrected chi connectivity index (χ4v) is 3.43. The van der Waals surface area contributed by atoms with Gasteiger partial charge in [0.2, 0.25) is 0 Å². The number of pyridine rings is 1. The van der Waals surface area contributed by atoms with Gasteiger partial charge in [-0.15, -0.1) is 11.8 Å². The highest BCUT2D eigenvalue weighted by atomic mass is 32.2. The van der Waals surface area contributed by atoms with Crippen LogP contribution in [0.1, 0.15) is 5.69 Å². The van der Waals surface area contributed by atoms with Crippen molar-refractivity contribution in [1.29, 1.82) is 5.26 Å². The molecule has 7 heteroatoms. The SMILES string of the molecule is CSc1ccccc1NS(=O)(=O)c1cccnc1C#N. The van der Waals surface area contributed by atoms with Crippen LogP contribution in [0.3, 0.4) is 0 Å². The minimum absolute atomic E-state index is 0.123. The van der Waals surface area contributed by atoms with Gasteiger partial charge < -0.3 is 0 Å². The molecule has 0 atom stereocenters. The first-order chi connectivity index (χ1) is 9.58. The second kappa shape index (κ2) is 5.94. The Morgan fingerprint density at radius 1 is 1.25 bits per heavy atom. The monoisotopic (exact) mass is 305 g/mol. The molecule has 0 saturated heterocycles. The van der Waals surface area contributed by atoms with Crippen LogP contribution in [0.15, 0.2) is 52.4 Å². The van der Waals surface area contributed by atoms with Crippen molar-refractivity contribution in [1.82, 2.24) is 4.98 Å². The Morgan fingerprint density at radius 3 is 2.70 bits per heavy atom. The molecule has 1 N–H and O–H groups in total. The summed E-state index contributed by atoms with van der Waals surface area (Å²) in [5, 5.41) is 8.94. The van der Waals surface area contributed by atoms with E-state index in [9.17, 15) is 8.42 Å². The van der Waals surface area contributed by atoms with E-state index in [4.69, 9.17) is 5.26 Å². The molecular weight excluding hydrogens is 294 g/mol. The Balaban J connectivity index is 2.44. The molecule has 2 aromatic rings. The van der Waals surface area contributed by atoms with Crippen LogP contribution in [0.25, 0.3) is 0 Å². The van der Waals surface area contributed by atoms with Gasteiger partial charge in [0.05, 0.1) is 5.69 Å². The van der Waals surface area contributed by atoms with Crippen molar-refractivity contribution < 1.29 is 8.42 Å². The lowest BCUT2D eigenvalue weighted by atomic mass is 10.3. The number of nitrogens with one attached hydrogen (secondary N) is 1. The lowest BCUT2D eigenvalue weighted by Gasteiger charge is -2.11. The number of aromatic nitrogens is 1. The minimum atomic E-state index is -3.84. The zero-order valence-corrected chi connectivity index (χ0v) is 12.2. The number of benzene rings is 1. The molecular formula is C13H11N3O2S2. The summed E-state index contributed by atoms with van der Waals surface area (Å²) in [5.74, 6) is 0. The maximum atomic E-state index is 12.3. The van der Waals surface area contributed by atoms with Crippen LogP contribution in [0.5, 0.6) is 0 Å². The number of thioether (sulfide) groups is 1. The summed E-state index contributed by atoms with van der Waals surface area (Å²) in [6.07, 6.45) is 3.24. The number of para-hydroxylation sites is 1. The van der Waals surface area contributed by atoms with Gasteiger partial charge in [0.25, 0.3) is 10.0 Å². The predicted molar refractivity (Wildman–Crippen MR) is 78.0 cm³/mol. The van der Waals surface area contributed by atoms with Gasteiger partial charge in [-0.25, -0.2) is 13.4 Å². The van der Waals surface area contributed by atoms with Gasteiger partial charge >= 0.3 is 0 Å². The van der Waals surface area contributed by atoms with E-state index in [0.717, 1.165) is 4.90 Å². The van der Waals surface area contributed by atoms with E-state index in [-0.39, 0.29) is 10.6 Å². The Morgan fingerprint density at radius 2 is 2.00 bits per heavy atom. The van der Waals surface area contributed by atoms with Crippen molar-refractivity contribution in [3.05, 3.63) is 48.3 Å². The normalized spacial score (nSPS) is 10.8. The van der Waals surface area contributed by atoms with Gasteiger partial charge in [0.15, 0.2) is 5.69 Å². The molecule has 0 bridgehead atoms. The lowest BCUT2D eigenvalue weighted by Crippen LogP contribution is -2.15. The zero-order valence-electron chi connectivity index (χ0n) is 10.6. The zero-order chi connectivity index (χ0) is 14.6. The molecule has 2 rings (SSSR count). The fraction of sp³-hybridized carbons (Fsp3) is 0.0769. The molecule has 102 valence electrons. The van der Waals surface area contributed by atoms with Crippen molar-refractivity contribution in [2.75, 3.05) is 11.0 Å². The topological polar surface area (TPSA) is 82.8 Å². The van der Waals surface area contributed by atoms with Crippen molar-refractivity contribution in [3.63, 3.8) is 0 Å². The molecule has 0 fully saturated rings. The molecule has 0 aliphatic heterocycles. The van der Waals surface area contributed by atoms with E-state index in [2.05, 4.69) is 9.71 Å². The summed E-state index contributed by atoms with van der Waals surface area (Å²) in [6.45, 7) is 0. The van der Waals surface area contributed by atoms with Gasteiger partial charge in [-0.3, -0.25) is 4.72 Å². The molecule has 0 spiro atoms. The number of hydrogen-bond acceptors (Lipinski definition) is 5. The first-order valence-corrected chi connectivity index (χ1v) is 8.30. The Hall–Kier alpha value is -2.04. The maximum Gasteiger partial charge on any atom is 0.264 e. The largest absolute Gasteiger partial charge is 0.278 e. The van der Waals surface area contributed by atoms with E-state index in [1.54, 1.807) is 18.2 Å². The van der Waals surface area contributed by atoms with E-state index < -0.39 is 10.0 Å². The molecule has 0 aliphatic rings. The van der Waals surface area contributed by atoms with Crippen molar-refractivity contribution >= 4 is 27.5 Å². The summed E-state index contributed by atoms with van der Waals surface area (Å²) in [4.78, 5) is 4.44. The number of sulfonamides is 1. The highest BCUT2D eigenvalue weighted by molar-refractivity contribution is 7.99. The number of hydrogen-bond donors (Lipinski definition) is 1. The summed E-state index contributed by atoms with van der Waals surface area (Å²) in [7, 11) is -3.84. The van der Waals surface area contributed by atoms with Crippen LogP contribution < -0.4 is 4.72 Å². The van der Waals surface area contributed by atoms with Gasteiger partial charge in [0, 0.05) is 11.1 Å². The molecule has 0 radical (unpaired) electrons. The van der Waals surface area contributed by atoms with Crippen LogP contribution in [0, 0.1) is 11.3 Å². The predicted octanol–water partition coefficient (Wildman–Crippen LogP) is 2.48. The lowest BCUT2D eigenvalue weighted by molar-refractivity contribution is 0.600. The van der Waals surface area contributed by atoms with Crippen molar-refractivity contribution in [2.45, 2.75) is 9.79 Å². The van der Waals surface area contributed by atoms with E-state index in [1.165, 1.54) is 30.1 Å². The summed E-state index contributed by atoms with van der Waals surface area (Å²) < 4.78 is 27.2. The molecule has 1 aromatic heterocycles. The third-order valence-electron chi connectivity index (χ3n) is 2.52. The van der Waals surface area contributed by atoms with E-state index in [0.29, 0.717) is 5.69 Å². The molecule has 0 unspecified atom stereocenters. The third-order valence-corrected chi connectivity index (χ3v) is 4.71. The standard InChI is InChI=1S/C13H11N3O2S2/c1-19-12-6-3-2-5-10(12)16-20(17,18)13-7-4-8-15-11(13)9-14/h2-8,16H,1H3. The minimum Gasteiger partial charge on any atom is -0.278 e. The molecule has 20 heavy (non-hydrogen) atoms. The highest BCUT2D eigenvalue weighted by Gasteiger charge is 2.20. The first kappa shape index (κ1) is 14.4. The fourth-order valence-electron chi connectivity index (χ4n) is 1.62. The quantitative estimate of drug-likeness (QED) is 0.877. The molecule has 0 saturated carbocycles. The first-order valence-electron chi connectivity index (χ1n) is 5.59. The van der Waals surface area contributed by atoms with Gasteiger partial charge in [-0.1, -0.05) is 12.1 Å². The molecule has 1 heterocycles. The molecule has 0 amide bonds. The van der Waals surface area contributed by atoms with Crippen molar-refractivity contribution in [3.8, 4) is 6.07 Å². The number of anilines is 1. The van der Waals surface area contributed by atoms with Crippen LogP contribution in [-0.4, -0.2) is 19.7 Å². The van der Waals surface area contributed by atoms with Gasteiger partial charge in [-0.2, -0.15) is 5.26 Å². The summed E-state index contributed by atoms with van der Waals surface area (Å²) in [6, 6.07) is 11.7. The Bertz CT molecular complexity index is 767. The van der Waals surface area contributed by atoms with Crippen LogP contribution in [0.2, 0.25) is 0 Å². The van der Waals surface area contributed by atoms with Crippen LogP contribution in [0.4, 0.5) is 5.69 Å². The third kappa shape index (κ3) is 2.92. The summed E-state index contributed by atoms with van der Waals surface area (Å²) in [5.41, 5.74) is 0.356. The Kier molecular flexibility index (Phi) is 4.27. The van der Waals surface area contributed by atoms with Gasteiger partial charge in [0.1, 0.15) is 11.0 Å². The van der Waals surface area contributed by atoms with E-state index in [1.807, 2.05) is 18.4 Å². The number of rotatable bonds is 4. The van der Waals surface area contributed by atoms with E-state index >= 15 is 0 Å². The highest BCUT2D eigenvalue weighted by Crippen LogP contribution is 2.27. The maximum absolute atomic E-state index is 12.3. The summed E-state index contributed by atoms with van der Waals surface area (Å²) >= 11 is 1.43. The average Bonchev–Trinajstić information content (AvgIpc) is 2.47. The smallest absolute Gasteiger partial charge is 0.264 e. The van der Waals surface area contributed by atoms with Crippen LogP contribution >= 0.6 is 11.8 Å². The second-order valence-corrected chi connectivity index (χ2v) is 6.27.